The van der Waals surface area contributed by atoms with Gasteiger partial charge < -0.3 is 5.11 Å². The van der Waals surface area contributed by atoms with Crippen molar-refractivity contribution in [1.82, 2.24) is 0 Å². The molecule has 0 heterocycles. The van der Waals surface area contributed by atoms with E-state index in [9.17, 15) is 9.90 Å². The SMILES string of the molecule is C=CC(CCC)=C(C(=O)O)C(CC)CC. The Morgan fingerprint density at radius 3 is 2.13 bits per heavy atom. The van der Waals surface area contributed by atoms with E-state index >= 15 is 0 Å². The second-order valence-corrected chi connectivity index (χ2v) is 3.71. The lowest BCUT2D eigenvalue weighted by Gasteiger charge is -2.16. The first-order valence-corrected chi connectivity index (χ1v) is 5.70. The maximum absolute atomic E-state index is 11.2. The van der Waals surface area contributed by atoms with Crippen LogP contribution in [0, 0.1) is 5.92 Å². The zero-order chi connectivity index (χ0) is 11.8. The quantitative estimate of drug-likeness (QED) is 0.512. The van der Waals surface area contributed by atoms with Crippen molar-refractivity contribution in [3.63, 3.8) is 0 Å². The van der Waals surface area contributed by atoms with Gasteiger partial charge in [0.2, 0.25) is 0 Å². The van der Waals surface area contributed by atoms with Gasteiger partial charge in [-0.15, -0.1) is 0 Å². The lowest BCUT2D eigenvalue weighted by Crippen LogP contribution is -2.14. The largest absolute Gasteiger partial charge is 0.478 e. The van der Waals surface area contributed by atoms with Crippen molar-refractivity contribution >= 4 is 5.97 Å². The third-order valence-electron chi connectivity index (χ3n) is 2.74. The second-order valence-electron chi connectivity index (χ2n) is 3.71. The van der Waals surface area contributed by atoms with Gasteiger partial charge in [-0.25, -0.2) is 4.79 Å². The van der Waals surface area contributed by atoms with Crippen molar-refractivity contribution in [2.75, 3.05) is 0 Å². The average Bonchev–Trinajstić information content (AvgIpc) is 2.22. The van der Waals surface area contributed by atoms with E-state index in [2.05, 4.69) is 13.5 Å². The summed E-state index contributed by atoms with van der Waals surface area (Å²) in [6.45, 7) is 9.83. The van der Waals surface area contributed by atoms with Gasteiger partial charge in [-0.2, -0.15) is 0 Å². The highest BCUT2D eigenvalue weighted by Crippen LogP contribution is 2.25. The van der Waals surface area contributed by atoms with Crippen LogP contribution in [-0.2, 0) is 4.79 Å². The highest BCUT2D eigenvalue weighted by atomic mass is 16.4. The molecule has 0 unspecified atom stereocenters. The molecule has 0 aromatic heterocycles. The molecule has 0 radical (unpaired) electrons. The Balaban J connectivity index is 5.21. The van der Waals surface area contributed by atoms with E-state index in [1.54, 1.807) is 6.08 Å². The maximum Gasteiger partial charge on any atom is 0.332 e. The molecule has 2 heteroatoms. The monoisotopic (exact) mass is 210 g/mol. The fourth-order valence-electron chi connectivity index (χ4n) is 1.89. The summed E-state index contributed by atoms with van der Waals surface area (Å²) in [5.41, 5.74) is 1.47. The van der Waals surface area contributed by atoms with Crippen LogP contribution in [-0.4, -0.2) is 11.1 Å². The highest BCUT2D eigenvalue weighted by Gasteiger charge is 2.20. The summed E-state index contributed by atoms with van der Waals surface area (Å²) in [5.74, 6) is -0.630. The summed E-state index contributed by atoms with van der Waals surface area (Å²) < 4.78 is 0. The topological polar surface area (TPSA) is 37.3 Å². The third kappa shape index (κ3) is 3.90. The van der Waals surface area contributed by atoms with Gasteiger partial charge in [-0.1, -0.05) is 39.8 Å². The van der Waals surface area contributed by atoms with Crippen LogP contribution >= 0.6 is 0 Å². The van der Waals surface area contributed by atoms with Crippen molar-refractivity contribution in [2.45, 2.75) is 46.5 Å². The second kappa shape index (κ2) is 7.27. The number of hydrogen-bond acceptors (Lipinski definition) is 1. The van der Waals surface area contributed by atoms with Gasteiger partial charge in [0.1, 0.15) is 0 Å². The van der Waals surface area contributed by atoms with Crippen LogP contribution < -0.4 is 0 Å². The van der Waals surface area contributed by atoms with E-state index in [1.165, 1.54) is 0 Å². The molecule has 0 amide bonds. The van der Waals surface area contributed by atoms with Gasteiger partial charge in [0.05, 0.1) is 0 Å². The van der Waals surface area contributed by atoms with Crippen LogP contribution in [0.5, 0.6) is 0 Å². The predicted molar refractivity (Wildman–Crippen MR) is 63.8 cm³/mol. The maximum atomic E-state index is 11.2. The fourth-order valence-corrected chi connectivity index (χ4v) is 1.89. The summed E-state index contributed by atoms with van der Waals surface area (Å²) in [4.78, 5) is 11.2. The van der Waals surface area contributed by atoms with Crippen LogP contribution in [0.2, 0.25) is 0 Å². The summed E-state index contributed by atoms with van der Waals surface area (Å²) >= 11 is 0. The summed E-state index contributed by atoms with van der Waals surface area (Å²) in [5, 5.41) is 9.23. The Bertz CT molecular complexity index is 247. The molecule has 0 aromatic carbocycles. The number of carboxylic acid groups (broad SMARTS) is 1. The molecule has 0 aliphatic carbocycles. The van der Waals surface area contributed by atoms with Crippen LogP contribution in [0.25, 0.3) is 0 Å². The number of carboxylic acids is 1. The van der Waals surface area contributed by atoms with E-state index in [1.807, 2.05) is 13.8 Å². The van der Waals surface area contributed by atoms with Gasteiger partial charge in [0.25, 0.3) is 0 Å². The van der Waals surface area contributed by atoms with Crippen LogP contribution in [0.3, 0.4) is 0 Å². The predicted octanol–water partition coefficient (Wildman–Crippen LogP) is 3.79. The smallest absolute Gasteiger partial charge is 0.332 e. The normalized spacial score (nSPS) is 12.5. The Hall–Kier alpha value is -1.05. The van der Waals surface area contributed by atoms with E-state index in [0.29, 0.717) is 5.57 Å². The minimum atomic E-state index is -0.785. The lowest BCUT2D eigenvalue weighted by atomic mass is 9.88. The number of hydrogen-bond donors (Lipinski definition) is 1. The van der Waals surface area contributed by atoms with Crippen molar-refractivity contribution in [3.8, 4) is 0 Å². The molecule has 0 atom stereocenters. The Morgan fingerprint density at radius 2 is 1.87 bits per heavy atom. The number of allylic oxidation sites excluding steroid dienone is 2. The Morgan fingerprint density at radius 1 is 1.33 bits per heavy atom. The third-order valence-corrected chi connectivity index (χ3v) is 2.74. The lowest BCUT2D eigenvalue weighted by molar-refractivity contribution is -0.133. The molecule has 86 valence electrons. The van der Waals surface area contributed by atoms with Gasteiger partial charge >= 0.3 is 5.97 Å². The van der Waals surface area contributed by atoms with E-state index in [4.69, 9.17) is 0 Å². The standard InChI is InChI=1S/C13H22O2/c1-5-9-11(8-4)12(13(14)15)10(6-2)7-3/h8,10H,4-7,9H2,1-3H3,(H,14,15). The Kier molecular flexibility index (Phi) is 6.76. The first-order chi connectivity index (χ1) is 7.12. The highest BCUT2D eigenvalue weighted by molar-refractivity contribution is 5.88. The minimum absolute atomic E-state index is 0.155. The zero-order valence-electron chi connectivity index (χ0n) is 10.0. The van der Waals surface area contributed by atoms with Gasteiger partial charge in [-0.05, 0) is 30.8 Å². The van der Waals surface area contributed by atoms with E-state index < -0.39 is 5.97 Å². The van der Waals surface area contributed by atoms with Crippen LogP contribution in [0.4, 0.5) is 0 Å². The summed E-state index contributed by atoms with van der Waals surface area (Å²) in [6.07, 6.45) is 5.21. The molecule has 0 aromatic rings. The average molecular weight is 210 g/mol. The van der Waals surface area contributed by atoms with Crippen LogP contribution in [0.1, 0.15) is 46.5 Å². The van der Waals surface area contributed by atoms with Gasteiger partial charge in [0, 0.05) is 5.57 Å². The number of carbonyl (C=O) groups is 1. The van der Waals surface area contributed by atoms with Crippen molar-refractivity contribution < 1.29 is 9.90 Å². The molecule has 0 aliphatic heterocycles. The molecule has 1 N–H and O–H groups in total. The zero-order valence-corrected chi connectivity index (χ0v) is 10.0. The fraction of sp³-hybridized carbons (Fsp3) is 0.615. The van der Waals surface area contributed by atoms with Crippen molar-refractivity contribution in [1.29, 1.82) is 0 Å². The van der Waals surface area contributed by atoms with Gasteiger partial charge in [-0.3, -0.25) is 0 Å². The van der Waals surface area contributed by atoms with Crippen LogP contribution in [0.15, 0.2) is 23.8 Å². The molecule has 0 aliphatic rings. The van der Waals surface area contributed by atoms with Crippen molar-refractivity contribution in [3.05, 3.63) is 23.8 Å². The molecule has 0 saturated heterocycles. The molecule has 15 heavy (non-hydrogen) atoms. The molecular formula is C13H22O2. The molecule has 0 saturated carbocycles. The Labute approximate surface area is 92.7 Å². The van der Waals surface area contributed by atoms with E-state index in [0.717, 1.165) is 31.3 Å². The molecule has 2 nitrogen and oxygen atoms in total. The molecule has 0 bridgehead atoms. The van der Waals surface area contributed by atoms with Crippen molar-refractivity contribution in [2.24, 2.45) is 5.92 Å². The molecule has 0 fully saturated rings. The number of rotatable bonds is 7. The molecular weight excluding hydrogens is 188 g/mol. The first-order valence-electron chi connectivity index (χ1n) is 5.70. The molecule has 0 rings (SSSR count). The summed E-state index contributed by atoms with van der Waals surface area (Å²) in [6, 6.07) is 0. The van der Waals surface area contributed by atoms with E-state index in [-0.39, 0.29) is 5.92 Å². The van der Waals surface area contributed by atoms with Gasteiger partial charge in [0.15, 0.2) is 0 Å². The number of aliphatic carboxylic acids is 1. The first kappa shape index (κ1) is 13.9. The minimum Gasteiger partial charge on any atom is -0.478 e. The summed E-state index contributed by atoms with van der Waals surface area (Å²) in [7, 11) is 0. The molecule has 0 spiro atoms.